The Hall–Kier alpha value is -0.170. The Morgan fingerprint density at radius 3 is 2.20 bits per heavy atom. The molecule has 0 aliphatic carbocycles. The van der Waals surface area contributed by atoms with E-state index in [1.807, 2.05) is 13.8 Å². The Labute approximate surface area is 92.3 Å². The van der Waals surface area contributed by atoms with E-state index in [0.717, 1.165) is 12.8 Å². The summed E-state index contributed by atoms with van der Waals surface area (Å²) in [5.41, 5.74) is 5.26. The molecule has 3 N–H and O–H groups in total. The highest BCUT2D eigenvalue weighted by Crippen LogP contribution is 2.13. The fraction of sp³-hybridized carbons (Fsp3) is 1.00. The largest absolute Gasteiger partial charge is 0.395 e. The Morgan fingerprint density at radius 1 is 1.33 bits per heavy atom. The van der Waals surface area contributed by atoms with Crippen LogP contribution in [-0.4, -0.2) is 49.3 Å². The van der Waals surface area contributed by atoms with E-state index in [1.165, 1.54) is 4.31 Å². The number of aliphatic hydroxyl groups is 1. The van der Waals surface area contributed by atoms with Crippen molar-refractivity contribution in [2.75, 3.05) is 25.4 Å². The summed E-state index contributed by atoms with van der Waals surface area (Å²) < 4.78 is 25.0. The molecule has 0 saturated heterocycles. The molecule has 92 valence electrons. The Balaban J connectivity index is 4.77. The van der Waals surface area contributed by atoms with Gasteiger partial charge in [0.1, 0.15) is 0 Å². The molecule has 0 amide bonds. The number of aliphatic hydroxyl groups excluding tert-OH is 1. The standard InChI is InChI=1S/C9H22N2O3S/c1-3-9(4-2)11(6-7-12)15(13,14)8-5-10/h9,12H,3-8,10H2,1-2H3. The fourth-order valence-electron chi connectivity index (χ4n) is 1.61. The second-order valence-electron chi connectivity index (χ2n) is 3.41. The summed E-state index contributed by atoms with van der Waals surface area (Å²) in [4.78, 5) is 0. The van der Waals surface area contributed by atoms with Crippen molar-refractivity contribution in [1.29, 1.82) is 0 Å². The number of nitrogens with zero attached hydrogens (tertiary/aromatic N) is 1. The second kappa shape index (κ2) is 7.16. The third kappa shape index (κ3) is 4.46. The van der Waals surface area contributed by atoms with Crippen LogP contribution in [0.15, 0.2) is 0 Å². The summed E-state index contributed by atoms with van der Waals surface area (Å²) in [6.45, 7) is 4.01. The summed E-state index contributed by atoms with van der Waals surface area (Å²) in [5, 5.41) is 8.87. The molecule has 0 aliphatic rings. The molecular formula is C9H22N2O3S. The van der Waals surface area contributed by atoms with Crippen LogP contribution in [0.3, 0.4) is 0 Å². The van der Waals surface area contributed by atoms with Gasteiger partial charge < -0.3 is 10.8 Å². The van der Waals surface area contributed by atoms with E-state index in [4.69, 9.17) is 10.8 Å². The highest BCUT2D eigenvalue weighted by Gasteiger charge is 2.26. The molecule has 0 radical (unpaired) electrons. The summed E-state index contributed by atoms with van der Waals surface area (Å²) in [7, 11) is -3.31. The SMILES string of the molecule is CCC(CC)N(CCO)S(=O)(=O)CCN. The minimum Gasteiger partial charge on any atom is -0.395 e. The van der Waals surface area contributed by atoms with E-state index >= 15 is 0 Å². The molecule has 0 unspecified atom stereocenters. The minimum absolute atomic E-state index is 0.0336. The highest BCUT2D eigenvalue weighted by molar-refractivity contribution is 7.89. The second-order valence-corrected chi connectivity index (χ2v) is 5.45. The van der Waals surface area contributed by atoms with E-state index in [9.17, 15) is 8.42 Å². The van der Waals surface area contributed by atoms with Crippen molar-refractivity contribution in [2.24, 2.45) is 5.73 Å². The van der Waals surface area contributed by atoms with Crippen molar-refractivity contribution in [2.45, 2.75) is 32.7 Å². The van der Waals surface area contributed by atoms with Crippen molar-refractivity contribution < 1.29 is 13.5 Å². The quantitative estimate of drug-likeness (QED) is 0.611. The van der Waals surface area contributed by atoms with Gasteiger partial charge in [-0.15, -0.1) is 0 Å². The molecule has 0 bridgehead atoms. The molecule has 0 fully saturated rings. The van der Waals surface area contributed by atoms with Crippen LogP contribution in [0, 0.1) is 0 Å². The van der Waals surface area contributed by atoms with Crippen molar-refractivity contribution in [3.8, 4) is 0 Å². The molecule has 0 aromatic heterocycles. The molecule has 0 saturated carbocycles. The minimum atomic E-state index is -3.31. The zero-order valence-corrected chi connectivity index (χ0v) is 10.3. The summed E-state index contributed by atoms with van der Waals surface area (Å²) in [5.74, 6) is -0.0521. The zero-order chi connectivity index (χ0) is 11.9. The fourth-order valence-corrected chi connectivity index (χ4v) is 3.25. The van der Waals surface area contributed by atoms with Crippen LogP contribution < -0.4 is 5.73 Å². The number of rotatable bonds is 8. The van der Waals surface area contributed by atoms with Gasteiger partial charge in [0.25, 0.3) is 0 Å². The van der Waals surface area contributed by atoms with E-state index in [-0.39, 0.29) is 31.5 Å². The van der Waals surface area contributed by atoms with Gasteiger partial charge in [0, 0.05) is 19.1 Å². The maximum absolute atomic E-state index is 11.8. The number of hydrogen-bond acceptors (Lipinski definition) is 4. The van der Waals surface area contributed by atoms with Gasteiger partial charge in [-0.3, -0.25) is 0 Å². The van der Waals surface area contributed by atoms with Gasteiger partial charge in [-0.1, -0.05) is 13.8 Å². The topological polar surface area (TPSA) is 83.6 Å². The Kier molecular flexibility index (Phi) is 7.08. The Morgan fingerprint density at radius 2 is 1.87 bits per heavy atom. The summed E-state index contributed by atoms with van der Waals surface area (Å²) in [6.07, 6.45) is 1.50. The van der Waals surface area contributed by atoms with Gasteiger partial charge in [0.05, 0.1) is 12.4 Å². The molecule has 5 nitrogen and oxygen atoms in total. The molecule has 0 aromatic rings. The molecule has 15 heavy (non-hydrogen) atoms. The zero-order valence-electron chi connectivity index (χ0n) is 9.52. The lowest BCUT2D eigenvalue weighted by Gasteiger charge is -2.28. The van der Waals surface area contributed by atoms with Crippen molar-refractivity contribution in [3.63, 3.8) is 0 Å². The van der Waals surface area contributed by atoms with Crippen LogP contribution in [0.25, 0.3) is 0 Å². The Bertz CT molecular complexity index is 250. The van der Waals surface area contributed by atoms with E-state index in [0.29, 0.717) is 0 Å². The van der Waals surface area contributed by atoms with Crippen LogP contribution in [0.5, 0.6) is 0 Å². The third-order valence-corrected chi connectivity index (χ3v) is 4.35. The lowest BCUT2D eigenvalue weighted by Crippen LogP contribution is -2.43. The van der Waals surface area contributed by atoms with Crippen LogP contribution in [-0.2, 0) is 10.0 Å². The molecule has 6 heteroatoms. The molecule has 0 heterocycles. The first-order valence-electron chi connectivity index (χ1n) is 5.33. The predicted molar refractivity (Wildman–Crippen MR) is 61.0 cm³/mol. The normalized spacial score (nSPS) is 12.7. The molecule has 0 spiro atoms. The third-order valence-electron chi connectivity index (χ3n) is 2.40. The monoisotopic (exact) mass is 238 g/mol. The average molecular weight is 238 g/mol. The molecule has 0 aliphatic heterocycles. The number of sulfonamides is 1. The van der Waals surface area contributed by atoms with Gasteiger partial charge in [-0.05, 0) is 12.8 Å². The van der Waals surface area contributed by atoms with Gasteiger partial charge in [0.15, 0.2) is 0 Å². The van der Waals surface area contributed by atoms with Crippen LogP contribution >= 0.6 is 0 Å². The van der Waals surface area contributed by atoms with Gasteiger partial charge in [-0.2, -0.15) is 4.31 Å². The summed E-state index contributed by atoms with van der Waals surface area (Å²) in [6, 6.07) is -0.0336. The first-order valence-corrected chi connectivity index (χ1v) is 6.94. The van der Waals surface area contributed by atoms with Gasteiger partial charge in [0.2, 0.25) is 10.0 Å². The predicted octanol–water partition coefficient (Wildman–Crippen LogP) is -0.242. The van der Waals surface area contributed by atoms with E-state index in [1.54, 1.807) is 0 Å². The first kappa shape index (κ1) is 14.8. The van der Waals surface area contributed by atoms with Crippen molar-refractivity contribution in [1.82, 2.24) is 4.31 Å². The number of nitrogens with two attached hydrogens (primary N) is 1. The molecule has 0 aromatic carbocycles. The highest BCUT2D eigenvalue weighted by atomic mass is 32.2. The molecular weight excluding hydrogens is 216 g/mol. The smallest absolute Gasteiger partial charge is 0.215 e. The van der Waals surface area contributed by atoms with Crippen LogP contribution in [0.1, 0.15) is 26.7 Å². The first-order chi connectivity index (χ1) is 7.03. The molecule has 0 atom stereocenters. The lowest BCUT2D eigenvalue weighted by molar-refractivity contribution is 0.220. The van der Waals surface area contributed by atoms with Gasteiger partial charge in [-0.25, -0.2) is 8.42 Å². The average Bonchev–Trinajstić information content (AvgIpc) is 2.18. The molecule has 0 rings (SSSR count). The van der Waals surface area contributed by atoms with E-state index < -0.39 is 10.0 Å². The maximum Gasteiger partial charge on any atom is 0.215 e. The summed E-state index contributed by atoms with van der Waals surface area (Å²) >= 11 is 0. The van der Waals surface area contributed by atoms with Crippen LogP contribution in [0.4, 0.5) is 0 Å². The lowest BCUT2D eigenvalue weighted by atomic mass is 10.2. The maximum atomic E-state index is 11.8. The van der Waals surface area contributed by atoms with Crippen molar-refractivity contribution >= 4 is 10.0 Å². The van der Waals surface area contributed by atoms with Gasteiger partial charge >= 0.3 is 0 Å². The number of hydrogen-bond donors (Lipinski definition) is 2. The van der Waals surface area contributed by atoms with Crippen LogP contribution in [0.2, 0.25) is 0 Å². The van der Waals surface area contributed by atoms with Crippen molar-refractivity contribution in [3.05, 3.63) is 0 Å². The van der Waals surface area contributed by atoms with E-state index in [2.05, 4.69) is 0 Å².